The number of aromatic nitrogens is 2. The predicted molar refractivity (Wildman–Crippen MR) is 78.5 cm³/mol. The molecular formula is C14H13N3O3S. The lowest BCUT2D eigenvalue weighted by molar-refractivity contribution is 0.315. The molecule has 1 N–H and O–H groups in total. The molecule has 2 aromatic carbocycles. The number of para-hydroxylation sites is 1. The van der Waals surface area contributed by atoms with Gasteiger partial charge in [0.1, 0.15) is 10.4 Å². The number of nitrogens with one attached hydrogen (secondary N) is 1. The monoisotopic (exact) mass is 303 g/mol. The molecule has 0 atom stereocenters. The molecule has 1 aromatic heterocycles. The van der Waals surface area contributed by atoms with Crippen molar-refractivity contribution in [2.45, 2.75) is 18.7 Å². The molecule has 21 heavy (non-hydrogen) atoms. The van der Waals surface area contributed by atoms with Crippen LogP contribution in [0, 0.1) is 13.8 Å². The average molecular weight is 303 g/mol. The first kappa shape index (κ1) is 13.6. The second-order valence-electron chi connectivity index (χ2n) is 4.76. The third-order valence-electron chi connectivity index (χ3n) is 3.26. The number of aryl methyl sites for hydroxylation is 2. The largest absolute Gasteiger partial charge is 0.279 e. The van der Waals surface area contributed by atoms with E-state index in [1.165, 1.54) is 6.07 Å². The smallest absolute Gasteiger partial charge is 0.264 e. The Morgan fingerprint density at radius 1 is 1.00 bits per heavy atom. The molecule has 108 valence electrons. The Labute approximate surface area is 121 Å². The fourth-order valence-electron chi connectivity index (χ4n) is 2.16. The summed E-state index contributed by atoms with van der Waals surface area (Å²) in [7, 11) is -3.77. The van der Waals surface area contributed by atoms with Crippen molar-refractivity contribution in [3.05, 3.63) is 47.5 Å². The highest BCUT2D eigenvalue weighted by molar-refractivity contribution is 7.93. The number of benzene rings is 2. The van der Waals surface area contributed by atoms with Crippen LogP contribution in [0.1, 0.15) is 11.1 Å². The summed E-state index contributed by atoms with van der Waals surface area (Å²) in [6.07, 6.45) is 0. The van der Waals surface area contributed by atoms with Crippen molar-refractivity contribution in [1.29, 1.82) is 0 Å². The standard InChI is InChI=1S/C14H13N3O3S/c1-9-5-3-6-10(2)13(9)17-21(18,19)12-8-4-7-11-14(12)16-20-15-11/h3-8,17H,1-2H3. The van der Waals surface area contributed by atoms with Gasteiger partial charge in [-0.05, 0) is 47.4 Å². The summed E-state index contributed by atoms with van der Waals surface area (Å²) in [4.78, 5) is 0.0453. The Balaban J connectivity index is 2.11. The van der Waals surface area contributed by atoms with E-state index in [4.69, 9.17) is 0 Å². The fourth-order valence-corrected chi connectivity index (χ4v) is 3.52. The molecule has 3 aromatic rings. The molecule has 0 aliphatic heterocycles. The van der Waals surface area contributed by atoms with Crippen LogP contribution in [-0.2, 0) is 10.0 Å². The first-order chi connectivity index (χ1) is 9.99. The summed E-state index contributed by atoms with van der Waals surface area (Å²) < 4.78 is 32.4. The van der Waals surface area contributed by atoms with E-state index in [9.17, 15) is 8.42 Å². The molecule has 0 fully saturated rings. The van der Waals surface area contributed by atoms with E-state index in [0.29, 0.717) is 11.2 Å². The lowest BCUT2D eigenvalue weighted by Crippen LogP contribution is -2.15. The van der Waals surface area contributed by atoms with E-state index < -0.39 is 10.0 Å². The normalized spacial score (nSPS) is 11.7. The van der Waals surface area contributed by atoms with Crippen molar-refractivity contribution in [3.8, 4) is 0 Å². The van der Waals surface area contributed by atoms with Gasteiger partial charge in [0.2, 0.25) is 0 Å². The predicted octanol–water partition coefficient (Wildman–Crippen LogP) is 2.64. The number of nitrogens with zero attached hydrogens (tertiary/aromatic N) is 2. The van der Waals surface area contributed by atoms with Gasteiger partial charge in [0.05, 0.1) is 5.69 Å². The molecule has 0 unspecified atom stereocenters. The van der Waals surface area contributed by atoms with E-state index >= 15 is 0 Å². The number of fused-ring (bicyclic) bond motifs is 1. The van der Waals surface area contributed by atoms with Gasteiger partial charge in [-0.1, -0.05) is 24.3 Å². The minimum absolute atomic E-state index is 0.0453. The summed E-state index contributed by atoms with van der Waals surface area (Å²) in [6, 6.07) is 10.3. The quantitative estimate of drug-likeness (QED) is 0.804. The zero-order valence-corrected chi connectivity index (χ0v) is 12.3. The maximum Gasteiger partial charge on any atom is 0.264 e. The van der Waals surface area contributed by atoms with Crippen molar-refractivity contribution >= 4 is 26.7 Å². The Morgan fingerprint density at radius 3 is 2.38 bits per heavy atom. The van der Waals surface area contributed by atoms with Crippen LogP contribution in [0.15, 0.2) is 45.9 Å². The average Bonchev–Trinajstić information content (AvgIpc) is 2.91. The van der Waals surface area contributed by atoms with Crippen LogP contribution in [-0.4, -0.2) is 18.7 Å². The Kier molecular flexibility index (Phi) is 3.13. The van der Waals surface area contributed by atoms with Crippen LogP contribution in [0.2, 0.25) is 0 Å². The van der Waals surface area contributed by atoms with E-state index in [-0.39, 0.29) is 10.4 Å². The summed E-state index contributed by atoms with van der Waals surface area (Å²) >= 11 is 0. The summed E-state index contributed by atoms with van der Waals surface area (Å²) in [5.41, 5.74) is 2.90. The second-order valence-corrected chi connectivity index (χ2v) is 6.41. The van der Waals surface area contributed by atoms with Crippen LogP contribution < -0.4 is 4.72 Å². The zero-order valence-electron chi connectivity index (χ0n) is 11.5. The minimum Gasteiger partial charge on any atom is -0.279 e. The van der Waals surface area contributed by atoms with Crippen molar-refractivity contribution in [3.63, 3.8) is 0 Å². The van der Waals surface area contributed by atoms with Crippen LogP contribution in [0.4, 0.5) is 5.69 Å². The van der Waals surface area contributed by atoms with Gasteiger partial charge < -0.3 is 0 Å². The lowest BCUT2D eigenvalue weighted by atomic mass is 10.1. The molecule has 0 aliphatic rings. The molecule has 6 nitrogen and oxygen atoms in total. The molecule has 7 heteroatoms. The zero-order chi connectivity index (χ0) is 15.0. The van der Waals surface area contributed by atoms with Gasteiger partial charge in [-0.15, -0.1) is 0 Å². The van der Waals surface area contributed by atoms with E-state index in [0.717, 1.165) is 11.1 Å². The molecule has 0 saturated carbocycles. The number of anilines is 1. The maximum absolute atomic E-state index is 12.6. The van der Waals surface area contributed by atoms with E-state index in [1.54, 1.807) is 12.1 Å². The van der Waals surface area contributed by atoms with Crippen molar-refractivity contribution in [1.82, 2.24) is 10.3 Å². The van der Waals surface area contributed by atoms with Gasteiger partial charge in [0, 0.05) is 0 Å². The van der Waals surface area contributed by atoms with Crippen molar-refractivity contribution in [2.75, 3.05) is 4.72 Å². The van der Waals surface area contributed by atoms with Gasteiger partial charge in [0.25, 0.3) is 10.0 Å². The first-order valence-corrected chi connectivity index (χ1v) is 7.78. The number of hydrogen-bond acceptors (Lipinski definition) is 5. The summed E-state index contributed by atoms with van der Waals surface area (Å²) in [5, 5.41) is 7.32. The van der Waals surface area contributed by atoms with E-state index in [1.807, 2.05) is 32.0 Å². The van der Waals surface area contributed by atoms with E-state index in [2.05, 4.69) is 19.7 Å². The van der Waals surface area contributed by atoms with Gasteiger partial charge in [0.15, 0.2) is 5.52 Å². The second kappa shape index (κ2) is 4.85. The molecular weight excluding hydrogens is 290 g/mol. The minimum atomic E-state index is -3.77. The molecule has 1 heterocycles. The number of hydrogen-bond donors (Lipinski definition) is 1. The molecule has 0 aliphatic carbocycles. The maximum atomic E-state index is 12.6. The number of sulfonamides is 1. The van der Waals surface area contributed by atoms with Crippen LogP contribution in [0.25, 0.3) is 11.0 Å². The Hall–Kier alpha value is -2.41. The highest BCUT2D eigenvalue weighted by atomic mass is 32.2. The first-order valence-electron chi connectivity index (χ1n) is 6.29. The van der Waals surface area contributed by atoms with Crippen LogP contribution in [0.3, 0.4) is 0 Å². The summed E-state index contributed by atoms with van der Waals surface area (Å²) in [6.45, 7) is 3.70. The molecule has 0 amide bonds. The van der Waals surface area contributed by atoms with Crippen LogP contribution in [0.5, 0.6) is 0 Å². The third kappa shape index (κ3) is 2.36. The molecule has 0 bridgehead atoms. The van der Waals surface area contributed by atoms with Crippen molar-refractivity contribution < 1.29 is 13.0 Å². The highest BCUT2D eigenvalue weighted by Crippen LogP contribution is 2.26. The topological polar surface area (TPSA) is 85.1 Å². The SMILES string of the molecule is Cc1cccc(C)c1NS(=O)(=O)c1cccc2nonc12. The Morgan fingerprint density at radius 2 is 1.67 bits per heavy atom. The third-order valence-corrected chi connectivity index (χ3v) is 4.64. The number of rotatable bonds is 3. The molecule has 0 radical (unpaired) electrons. The Bertz CT molecular complexity index is 896. The van der Waals surface area contributed by atoms with Gasteiger partial charge >= 0.3 is 0 Å². The lowest BCUT2D eigenvalue weighted by Gasteiger charge is -2.13. The van der Waals surface area contributed by atoms with Gasteiger partial charge in [-0.2, -0.15) is 0 Å². The fraction of sp³-hybridized carbons (Fsp3) is 0.143. The highest BCUT2D eigenvalue weighted by Gasteiger charge is 2.21. The van der Waals surface area contributed by atoms with Gasteiger partial charge in [-0.3, -0.25) is 4.72 Å². The summed E-state index contributed by atoms with van der Waals surface area (Å²) in [5.74, 6) is 0. The van der Waals surface area contributed by atoms with Gasteiger partial charge in [-0.25, -0.2) is 13.0 Å². The molecule has 0 saturated heterocycles. The van der Waals surface area contributed by atoms with Crippen molar-refractivity contribution in [2.24, 2.45) is 0 Å². The van der Waals surface area contributed by atoms with Crippen LogP contribution >= 0.6 is 0 Å². The molecule has 3 rings (SSSR count). The molecule has 0 spiro atoms.